The van der Waals surface area contributed by atoms with Crippen molar-refractivity contribution < 1.29 is 29.0 Å². The number of fused-ring (bicyclic) bond motifs is 1. The van der Waals surface area contributed by atoms with E-state index in [9.17, 15) is 14.7 Å². The number of amides is 3. The molecule has 1 N–H and O–H groups in total. The van der Waals surface area contributed by atoms with Gasteiger partial charge in [0.15, 0.2) is 0 Å². The van der Waals surface area contributed by atoms with Crippen molar-refractivity contribution in [1.29, 1.82) is 0 Å². The lowest BCUT2D eigenvalue weighted by Gasteiger charge is -2.40. The molecule has 9 nitrogen and oxygen atoms in total. The Kier molecular flexibility index (Phi) is 10.9. The summed E-state index contributed by atoms with van der Waals surface area (Å²) in [5, 5.41) is 10.7. The third-order valence-electron chi connectivity index (χ3n) is 9.86. The minimum absolute atomic E-state index is 0.133. The molecular weight excluding hydrogens is 674 g/mol. The van der Waals surface area contributed by atoms with E-state index in [0.717, 1.165) is 16.8 Å². The molecule has 48 heavy (non-hydrogen) atoms. The van der Waals surface area contributed by atoms with Gasteiger partial charge in [-0.1, -0.05) is 54.1 Å². The van der Waals surface area contributed by atoms with E-state index in [-0.39, 0.29) is 48.2 Å². The van der Waals surface area contributed by atoms with E-state index in [1.807, 2.05) is 77.1 Å². The molecule has 0 saturated carbocycles. The van der Waals surface area contributed by atoms with Crippen molar-refractivity contribution in [2.24, 2.45) is 17.8 Å². The first-order valence-corrected chi connectivity index (χ1v) is 17.7. The number of carbonyl (C=O) groups is 3. The van der Waals surface area contributed by atoms with Gasteiger partial charge in [-0.2, -0.15) is 0 Å². The van der Waals surface area contributed by atoms with E-state index < -0.39 is 35.6 Å². The SMILES string of the molecule is C=CCN(C(=O)[C@H]1[C@@H]2OC3(CC2Br)C(C(=O)N(CC=C)c2cc(C)ccc2C)N([C@@H](CO)CC(C)C)C(=O)[C@H]13)c1ccc(OCC)cc1. The Morgan fingerprint density at radius 2 is 1.77 bits per heavy atom. The minimum Gasteiger partial charge on any atom is -0.494 e. The highest BCUT2D eigenvalue weighted by molar-refractivity contribution is 9.09. The molecule has 3 heterocycles. The number of carbonyl (C=O) groups excluding carboxylic acids is 3. The smallest absolute Gasteiger partial charge is 0.253 e. The number of nitrogens with zero attached hydrogens (tertiary/aromatic N) is 3. The molecule has 258 valence electrons. The van der Waals surface area contributed by atoms with Crippen LogP contribution >= 0.6 is 15.9 Å². The Hall–Kier alpha value is -3.47. The van der Waals surface area contributed by atoms with Gasteiger partial charge in [0, 0.05) is 29.3 Å². The highest BCUT2D eigenvalue weighted by atomic mass is 79.9. The summed E-state index contributed by atoms with van der Waals surface area (Å²) in [4.78, 5) is 49.3. The zero-order valence-electron chi connectivity index (χ0n) is 28.6. The highest BCUT2D eigenvalue weighted by Crippen LogP contribution is 2.61. The second kappa shape index (κ2) is 14.6. The second-order valence-electron chi connectivity index (χ2n) is 13.6. The van der Waals surface area contributed by atoms with Gasteiger partial charge in [-0.3, -0.25) is 14.4 Å². The van der Waals surface area contributed by atoms with Crippen LogP contribution in [-0.4, -0.2) is 82.6 Å². The number of aliphatic hydroxyl groups excluding tert-OH is 1. The Morgan fingerprint density at radius 3 is 2.38 bits per heavy atom. The quantitative estimate of drug-likeness (QED) is 0.202. The summed E-state index contributed by atoms with van der Waals surface area (Å²) in [5.41, 5.74) is 1.97. The van der Waals surface area contributed by atoms with Crippen LogP contribution < -0.4 is 14.5 Å². The lowest BCUT2D eigenvalue weighted by Crippen LogP contribution is -2.59. The summed E-state index contributed by atoms with van der Waals surface area (Å²) in [6.07, 6.45) is 3.54. The molecule has 0 aliphatic carbocycles. The van der Waals surface area contributed by atoms with Crippen molar-refractivity contribution in [3.05, 3.63) is 78.9 Å². The van der Waals surface area contributed by atoms with E-state index in [2.05, 4.69) is 29.1 Å². The van der Waals surface area contributed by atoms with Gasteiger partial charge in [0.1, 0.15) is 17.4 Å². The summed E-state index contributed by atoms with van der Waals surface area (Å²) < 4.78 is 12.5. The van der Waals surface area contributed by atoms with Crippen molar-refractivity contribution in [3.8, 4) is 5.75 Å². The predicted molar refractivity (Wildman–Crippen MR) is 192 cm³/mol. The molecule has 3 fully saturated rings. The molecule has 3 unspecified atom stereocenters. The number of hydrogen-bond acceptors (Lipinski definition) is 6. The van der Waals surface area contributed by atoms with Gasteiger partial charge in [-0.05, 0) is 81.0 Å². The molecule has 1 spiro atoms. The Bertz CT molecular complexity index is 1550. The van der Waals surface area contributed by atoms with Crippen LogP contribution in [0.5, 0.6) is 5.75 Å². The van der Waals surface area contributed by atoms with Crippen molar-refractivity contribution in [3.63, 3.8) is 0 Å². The van der Waals surface area contributed by atoms with Crippen LogP contribution in [0.3, 0.4) is 0 Å². The first-order valence-electron chi connectivity index (χ1n) is 16.8. The number of benzene rings is 2. The van der Waals surface area contributed by atoms with Crippen LogP contribution in [0.4, 0.5) is 11.4 Å². The largest absolute Gasteiger partial charge is 0.494 e. The zero-order chi connectivity index (χ0) is 34.9. The van der Waals surface area contributed by atoms with Crippen LogP contribution in [0.1, 0.15) is 44.7 Å². The van der Waals surface area contributed by atoms with Crippen molar-refractivity contribution in [2.45, 2.75) is 76.1 Å². The number of alkyl halides is 1. The van der Waals surface area contributed by atoms with E-state index in [1.54, 1.807) is 26.9 Å². The fourth-order valence-corrected chi connectivity index (χ4v) is 8.90. The standard InChI is InChI=1S/C38H48BrN3O6/c1-8-17-40(26-13-15-28(16-14-26)47-10-3)35(44)31-32-36(45)42(27(22-43)19-23(4)5)34(38(32)21-29(39)33(31)48-38)37(46)41(18-9-2)30-20-24(6)11-12-25(30)7/h8-9,11-16,20,23,27,29,31-34,43H,1-2,10,17-19,21-22H2,3-7H3/t27-,29?,31-,32+,33-,34?,38?/m1/s1. The molecule has 2 aromatic carbocycles. The fraction of sp³-hybridized carbons (Fsp3) is 0.500. The molecule has 3 amide bonds. The lowest BCUT2D eigenvalue weighted by atomic mass is 9.70. The van der Waals surface area contributed by atoms with Gasteiger partial charge in [-0.15, -0.1) is 13.2 Å². The van der Waals surface area contributed by atoms with Gasteiger partial charge in [0.2, 0.25) is 11.8 Å². The first kappa shape index (κ1) is 35.8. The molecule has 3 aliphatic rings. The van der Waals surface area contributed by atoms with Crippen LogP contribution in [0, 0.1) is 31.6 Å². The minimum atomic E-state index is -1.28. The van der Waals surface area contributed by atoms with E-state index in [0.29, 0.717) is 30.9 Å². The second-order valence-corrected chi connectivity index (χ2v) is 14.7. The highest BCUT2D eigenvalue weighted by Gasteiger charge is 2.77. The maximum absolute atomic E-state index is 15.1. The monoisotopic (exact) mass is 721 g/mol. The average Bonchev–Trinajstić information content (AvgIpc) is 3.65. The van der Waals surface area contributed by atoms with Crippen LogP contribution in [0.15, 0.2) is 67.8 Å². The van der Waals surface area contributed by atoms with E-state index in [1.165, 1.54) is 0 Å². The molecule has 2 aromatic rings. The molecule has 3 saturated heterocycles. The number of ether oxygens (including phenoxy) is 2. The number of hydrogen-bond donors (Lipinski definition) is 1. The van der Waals surface area contributed by atoms with Crippen molar-refractivity contribution >= 4 is 45.0 Å². The molecule has 10 heteroatoms. The summed E-state index contributed by atoms with van der Waals surface area (Å²) in [5.74, 6) is -1.89. The molecular formula is C38H48BrN3O6. The lowest BCUT2D eigenvalue weighted by molar-refractivity contribution is -0.144. The number of anilines is 2. The molecule has 7 atom stereocenters. The topological polar surface area (TPSA) is 99.6 Å². The Morgan fingerprint density at radius 1 is 1.10 bits per heavy atom. The van der Waals surface area contributed by atoms with Crippen molar-refractivity contribution in [2.75, 3.05) is 36.1 Å². The van der Waals surface area contributed by atoms with Gasteiger partial charge in [0.05, 0.1) is 37.2 Å². The molecule has 0 aromatic heterocycles. The Balaban J connectivity index is 1.63. The van der Waals surface area contributed by atoms with Crippen LogP contribution in [0.2, 0.25) is 0 Å². The van der Waals surface area contributed by atoms with Crippen LogP contribution in [-0.2, 0) is 19.1 Å². The third kappa shape index (κ3) is 6.23. The summed E-state index contributed by atoms with van der Waals surface area (Å²) >= 11 is 3.80. The normalized spacial score (nSPS) is 26.4. The number of aryl methyl sites for hydroxylation is 2. The van der Waals surface area contributed by atoms with Gasteiger partial charge in [0.25, 0.3) is 5.91 Å². The third-order valence-corrected chi connectivity index (χ3v) is 10.7. The summed E-state index contributed by atoms with van der Waals surface area (Å²) in [6, 6.07) is 11.5. The van der Waals surface area contributed by atoms with Gasteiger partial charge < -0.3 is 29.3 Å². The van der Waals surface area contributed by atoms with Gasteiger partial charge in [-0.25, -0.2) is 0 Å². The van der Waals surface area contributed by atoms with Crippen molar-refractivity contribution in [1.82, 2.24) is 4.90 Å². The summed E-state index contributed by atoms with van der Waals surface area (Å²) in [6.45, 7) is 18.3. The van der Waals surface area contributed by atoms with E-state index in [4.69, 9.17) is 9.47 Å². The molecule has 5 rings (SSSR count). The number of likely N-dealkylation sites (tertiary alicyclic amines) is 1. The van der Waals surface area contributed by atoms with Crippen LogP contribution in [0.25, 0.3) is 0 Å². The maximum Gasteiger partial charge on any atom is 0.253 e. The number of halogens is 1. The zero-order valence-corrected chi connectivity index (χ0v) is 30.2. The average molecular weight is 723 g/mol. The maximum atomic E-state index is 15.1. The predicted octanol–water partition coefficient (Wildman–Crippen LogP) is 5.60. The summed E-state index contributed by atoms with van der Waals surface area (Å²) in [7, 11) is 0. The molecule has 0 radical (unpaired) electrons. The van der Waals surface area contributed by atoms with E-state index >= 15 is 4.79 Å². The fourth-order valence-electron chi connectivity index (χ4n) is 7.96. The Labute approximate surface area is 292 Å². The molecule has 3 aliphatic heterocycles. The number of aliphatic hydroxyl groups is 1. The first-order chi connectivity index (χ1) is 22.9. The van der Waals surface area contributed by atoms with Gasteiger partial charge >= 0.3 is 0 Å². The molecule has 2 bridgehead atoms. The number of rotatable bonds is 14.